The molecule has 0 amide bonds. The molecule has 0 aliphatic carbocycles. The Labute approximate surface area is 148 Å². The lowest BCUT2D eigenvalue weighted by atomic mass is 10.2. The molecule has 122 valence electrons. The predicted molar refractivity (Wildman–Crippen MR) is 94.4 cm³/mol. The van der Waals surface area contributed by atoms with Gasteiger partial charge in [-0.15, -0.1) is 16.8 Å². The highest BCUT2D eigenvalue weighted by Gasteiger charge is 2.15. The Morgan fingerprint density at radius 2 is 2.12 bits per heavy atom. The van der Waals surface area contributed by atoms with E-state index < -0.39 is 0 Å². The van der Waals surface area contributed by atoms with Crippen LogP contribution in [0.25, 0.3) is 11.4 Å². The first-order valence-electron chi connectivity index (χ1n) is 7.21. The Kier molecular flexibility index (Phi) is 5.27. The summed E-state index contributed by atoms with van der Waals surface area (Å²) in [5, 5.41) is 9.54. The van der Waals surface area contributed by atoms with E-state index in [9.17, 15) is 4.39 Å². The van der Waals surface area contributed by atoms with Crippen LogP contribution in [0, 0.1) is 5.82 Å². The minimum Gasteiger partial charge on any atom is -0.298 e. The Bertz CT molecular complexity index is 831. The van der Waals surface area contributed by atoms with Gasteiger partial charge in [-0.25, -0.2) is 4.39 Å². The van der Waals surface area contributed by atoms with Crippen LogP contribution in [0.5, 0.6) is 0 Å². The molecule has 2 heterocycles. The predicted octanol–water partition coefficient (Wildman–Crippen LogP) is 4.61. The van der Waals surface area contributed by atoms with E-state index in [0.717, 1.165) is 5.56 Å². The number of allylic oxidation sites excluding steroid dienone is 1. The summed E-state index contributed by atoms with van der Waals surface area (Å²) in [7, 11) is 0. The molecular weight excluding hydrogens is 347 g/mol. The number of benzene rings is 1. The first-order valence-corrected chi connectivity index (χ1v) is 8.57. The number of thioether (sulfide) groups is 1. The van der Waals surface area contributed by atoms with E-state index in [0.29, 0.717) is 33.9 Å². The van der Waals surface area contributed by atoms with Crippen molar-refractivity contribution in [3.63, 3.8) is 0 Å². The number of hydrogen-bond donors (Lipinski definition) is 0. The van der Waals surface area contributed by atoms with Crippen molar-refractivity contribution in [2.45, 2.75) is 17.5 Å². The van der Waals surface area contributed by atoms with E-state index in [-0.39, 0.29) is 5.82 Å². The second kappa shape index (κ2) is 7.59. The van der Waals surface area contributed by atoms with Crippen LogP contribution >= 0.6 is 23.4 Å². The van der Waals surface area contributed by atoms with Gasteiger partial charge in [0, 0.05) is 40.8 Å². The van der Waals surface area contributed by atoms with E-state index in [2.05, 4.69) is 21.8 Å². The molecule has 7 heteroatoms. The lowest BCUT2D eigenvalue weighted by Gasteiger charge is -2.08. The van der Waals surface area contributed by atoms with Crippen molar-refractivity contribution < 1.29 is 4.39 Å². The van der Waals surface area contributed by atoms with Gasteiger partial charge in [-0.3, -0.25) is 9.55 Å². The fraction of sp³-hybridized carbons (Fsp3) is 0.118. The van der Waals surface area contributed by atoms with Crippen molar-refractivity contribution in [3.8, 4) is 11.4 Å². The first-order chi connectivity index (χ1) is 11.7. The summed E-state index contributed by atoms with van der Waals surface area (Å²) < 4.78 is 15.8. The Hall–Kier alpha value is -2.18. The summed E-state index contributed by atoms with van der Waals surface area (Å²) in [4.78, 5) is 4.11. The average molecular weight is 361 g/mol. The molecule has 0 bridgehead atoms. The van der Waals surface area contributed by atoms with Gasteiger partial charge in [0.15, 0.2) is 11.0 Å². The zero-order valence-electron chi connectivity index (χ0n) is 12.7. The third kappa shape index (κ3) is 3.49. The fourth-order valence-corrected chi connectivity index (χ4v) is 3.50. The summed E-state index contributed by atoms with van der Waals surface area (Å²) >= 11 is 7.46. The zero-order chi connectivity index (χ0) is 16.9. The SMILES string of the molecule is C=CCn1c(SCc2c(F)cccc2Cl)nnc1-c1cccnc1. The van der Waals surface area contributed by atoms with Gasteiger partial charge in [-0.2, -0.15) is 0 Å². The maximum Gasteiger partial charge on any atom is 0.192 e. The number of nitrogens with zero attached hydrogens (tertiary/aromatic N) is 4. The molecule has 0 saturated carbocycles. The monoisotopic (exact) mass is 360 g/mol. The maximum atomic E-state index is 13.9. The van der Waals surface area contributed by atoms with Crippen molar-refractivity contribution in [1.29, 1.82) is 0 Å². The average Bonchev–Trinajstić information content (AvgIpc) is 2.98. The highest BCUT2D eigenvalue weighted by molar-refractivity contribution is 7.98. The van der Waals surface area contributed by atoms with Gasteiger partial charge in [0.05, 0.1) is 0 Å². The van der Waals surface area contributed by atoms with E-state index in [1.54, 1.807) is 30.6 Å². The van der Waals surface area contributed by atoms with Crippen molar-refractivity contribution >= 4 is 23.4 Å². The molecule has 0 saturated heterocycles. The van der Waals surface area contributed by atoms with Crippen molar-refractivity contribution in [1.82, 2.24) is 19.7 Å². The lowest BCUT2D eigenvalue weighted by molar-refractivity contribution is 0.617. The van der Waals surface area contributed by atoms with E-state index in [4.69, 9.17) is 11.6 Å². The molecule has 0 aliphatic heterocycles. The standard InChI is InChI=1S/C17H14ClFN4S/c1-2-9-23-16(12-5-4-8-20-10-12)21-22-17(23)24-11-13-14(18)6-3-7-15(13)19/h2-8,10H,1,9,11H2. The van der Waals surface area contributed by atoms with Crippen LogP contribution in [0.4, 0.5) is 4.39 Å². The molecule has 1 aromatic carbocycles. The Morgan fingerprint density at radius 3 is 2.83 bits per heavy atom. The van der Waals surface area contributed by atoms with Crippen LogP contribution in [0.1, 0.15) is 5.56 Å². The van der Waals surface area contributed by atoms with Crippen LogP contribution in [0.15, 0.2) is 60.5 Å². The summed E-state index contributed by atoms with van der Waals surface area (Å²) in [5.41, 5.74) is 1.32. The van der Waals surface area contributed by atoms with Crippen molar-refractivity contribution in [2.24, 2.45) is 0 Å². The summed E-state index contributed by atoms with van der Waals surface area (Å²) in [5.74, 6) is 0.746. The highest BCUT2D eigenvalue weighted by atomic mass is 35.5. The normalized spacial score (nSPS) is 10.8. The molecule has 0 radical (unpaired) electrons. The molecule has 3 rings (SSSR count). The zero-order valence-corrected chi connectivity index (χ0v) is 14.3. The smallest absolute Gasteiger partial charge is 0.192 e. The third-order valence-electron chi connectivity index (χ3n) is 3.36. The third-order valence-corrected chi connectivity index (χ3v) is 4.70. The molecular formula is C17H14ClFN4S. The van der Waals surface area contributed by atoms with Gasteiger partial charge >= 0.3 is 0 Å². The van der Waals surface area contributed by atoms with Gasteiger partial charge in [0.1, 0.15) is 5.82 Å². The molecule has 0 unspecified atom stereocenters. The van der Waals surface area contributed by atoms with E-state index >= 15 is 0 Å². The second-order valence-corrected chi connectivity index (χ2v) is 6.29. The quantitative estimate of drug-likeness (QED) is 0.475. The second-order valence-electron chi connectivity index (χ2n) is 4.94. The van der Waals surface area contributed by atoms with Gasteiger partial charge < -0.3 is 0 Å². The molecule has 0 aliphatic rings. The van der Waals surface area contributed by atoms with E-state index in [1.807, 2.05) is 16.7 Å². The van der Waals surface area contributed by atoms with Crippen LogP contribution in [0.3, 0.4) is 0 Å². The minimum atomic E-state index is -0.322. The Morgan fingerprint density at radius 1 is 1.25 bits per heavy atom. The maximum absolute atomic E-state index is 13.9. The molecule has 0 spiro atoms. The molecule has 4 nitrogen and oxygen atoms in total. The summed E-state index contributed by atoms with van der Waals surface area (Å²) in [6, 6.07) is 8.42. The largest absolute Gasteiger partial charge is 0.298 e. The summed E-state index contributed by atoms with van der Waals surface area (Å²) in [6.45, 7) is 4.32. The lowest BCUT2D eigenvalue weighted by Crippen LogP contribution is -2.01. The van der Waals surface area contributed by atoms with Crippen molar-refractivity contribution in [3.05, 3.63) is 71.8 Å². The molecule has 24 heavy (non-hydrogen) atoms. The minimum absolute atomic E-state index is 0.322. The van der Waals surface area contributed by atoms with Gasteiger partial charge in [-0.1, -0.05) is 35.5 Å². The number of aromatic nitrogens is 4. The van der Waals surface area contributed by atoms with Gasteiger partial charge in [0.25, 0.3) is 0 Å². The highest BCUT2D eigenvalue weighted by Crippen LogP contribution is 2.29. The van der Waals surface area contributed by atoms with Crippen LogP contribution < -0.4 is 0 Å². The molecule has 3 aromatic rings. The van der Waals surface area contributed by atoms with Gasteiger partial charge in [-0.05, 0) is 24.3 Å². The molecule has 0 fully saturated rings. The summed E-state index contributed by atoms with van der Waals surface area (Å²) in [6.07, 6.45) is 5.20. The van der Waals surface area contributed by atoms with Crippen LogP contribution in [-0.4, -0.2) is 19.7 Å². The first kappa shape index (κ1) is 16.7. The Balaban J connectivity index is 1.89. The molecule has 0 atom stereocenters. The number of hydrogen-bond acceptors (Lipinski definition) is 4. The fourth-order valence-electron chi connectivity index (χ4n) is 2.20. The number of halogens is 2. The van der Waals surface area contributed by atoms with Crippen LogP contribution in [0.2, 0.25) is 5.02 Å². The van der Waals surface area contributed by atoms with Gasteiger partial charge in [0.2, 0.25) is 0 Å². The number of pyridine rings is 1. The molecule has 0 N–H and O–H groups in total. The number of rotatable bonds is 6. The molecule has 2 aromatic heterocycles. The van der Waals surface area contributed by atoms with Crippen LogP contribution in [-0.2, 0) is 12.3 Å². The topological polar surface area (TPSA) is 43.6 Å². The van der Waals surface area contributed by atoms with Crippen molar-refractivity contribution in [2.75, 3.05) is 0 Å². The van der Waals surface area contributed by atoms with E-state index in [1.165, 1.54) is 17.8 Å².